The molecule has 24 heavy (non-hydrogen) atoms. The smallest absolute Gasteiger partial charge is 0.148 e. The van der Waals surface area contributed by atoms with Crippen LogP contribution < -0.4 is 5.32 Å². The molecular formula is C17H25N3O2S2. The molecule has 0 aliphatic heterocycles. The van der Waals surface area contributed by atoms with Gasteiger partial charge in [-0.25, -0.2) is 18.4 Å². The van der Waals surface area contributed by atoms with Crippen molar-refractivity contribution in [3.63, 3.8) is 0 Å². The third-order valence-electron chi connectivity index (χ3n) is 4.41. The zero-order chi connectivity index (χ0) is 17.5. The predicted octanol–water partition coefficient (Wildman–Crippen LogP) is 3.43. The highest BCUT2D eigenvalue weighted by atomic mass is 32.2. The van der Waals surface area contributed by atoms with E-state index in [1.807, 2.05) is 6.92 Å². The summed E-state index contributed by atoms with van der Waals surface area (Å²) in [5.41, 5.74) is 1.16. The van der Waals surface area contributed by atoms with E-state index in [9.17, 15) is 8.42 Å². The van der Waals surface area contributed by atoms with Gasteiger partial charge < -0.3 is 5.32 Å². The number of hydrogen-bond donors (Lipinski definition) is 1. The van der Waals surface area contributed by atoms with E-state index >= 15 is 0 Å². The molecule has 1 saturated carbocycles. The van der Waals surface area contributed by atoms with E-state index in [1.165, 1.54) is 11.8 Å². The number of hydrogen-bond acceptors (Lipinski definition) is 6. The fraction of sp³-hybridized carbons (Fsp3) is 0.647. The van der Waals surface area contributed by atoms with Gasteiger partial charge in [0.2, 0.25) is 0 Å². The van der Waals surface area contributed by atoms with Crippen LogP contribution in [0.3, 0.4) is 0 Å². The molecule has 3 rings (SSSR count). The first-order valence-corrected chi connectivity index (χ1v) is 11.3. The van der Waals surface area contributed by atoms with Crippen molar-refractivity contribution in [3.05, 3.63) is 16.8 Å². The largest absolute Gasteiger partial charge is 0.369 e. The lowest BCUT2D eigenvalue weighted by Crippen LogP contribution is -2.24. The molecule has 1 aliphatic rings. The quantitative estimate of drug-likeness (QED) is 0.812. The summed E-state index contributed by atoms with van der Waals surface area (Å²) in [5, 5.41) is 6.72. The number of nitrogens with one attached hydrogen (secondary N) is 1. The van der Waals surface area contributed by atoms with Crippen molar-refractivity contribution in [2.75, 3.05) is 23.9 Å². The summed E-state index contributed by atoms with van der Waals surface area (Å²) in [6, 6.07) is 0. The lowest BCUT2D eigenvalue weighted by molar-refractivity contribution is 0.560. The Morgan fingerprint density at radius 2 is 2.04 bits per heavy atom. The van der Waals surface area contributed by atoms with Crippen molar-refractivity contribution >= 4 is 37.2 Å². The van der Waals surface area contributed by atoms with Crippen LogP contribution in [0.25, 0.3) is 10.2 Å². The second kappa shape index (κ2) is 6.26. The van der Waals surface area contributed by atoms with Crippen molar-refractivity contribution in [3.8, 4) is 0 Å². The molecule has 2 heterocycles. The number of fused-ring (bicyclic) bond motifs is 1. The van der Waals surface area contributed by atoms with E-state index in [-0.39, 0.29) is 11.2 Å². The van der Waals surface area contributed by atoms with Crippen LogP contribution in [0.2, 0.25) is 0 Å². The standard InChI is InChI=1S/C17H25N3O2S2/c1-11(2)7-13-8-23-16-14(13)15(19-12(3)20-16)18-9-17(5-6-17)10-24(4,21)22/h8,11H,5-7,9-10H2,1-4H3,(H,18,19,20). The molecule has 5 nitrogen and oxygen atoms in total. The second-order valence-corrected chi connectivity index (χ2v) is 10.6. The first-order valence-electron chi connectivity index (χ1n) is 8.34. The molecular weight excluding hydrogens is 342 g/mol. The number of rotatable bonds is 7. The Bertz CT molecular complexity index is 852. The fourth-order valence-electron chi connectivity index (χ4n) is 3.20. The summed E-state index contributed by atoms with van der Waals surface area (Å²) in [6.45, 7) is 6.96. The molecule has 0 bridgehead atoms. The van der Waals surface area contributed by atoms with Gasteiger partial charge in [0.05, 0.1) is 11.1 Å². The maximum Gasteiger partial charge on any atom is 0.148 e. The van der Waals surface area contributed by atoms with Crippen molar-refractivity contribution in [2.24, 2.45) is 11.3 Å². The summed E-state index contributed by atoms with van der Waals surface area (Å²) in [7, 11) is -2.96. The molecule has 0 radical (unpaired) electrons. The number of thiophene rings is 1. The van der Waals surface area contributed by atoms with Crippen LogP contribution in [-0.4, -0.2) is 36.9 Å². The molecule has 1 aliphatic carbocycles. The summed E-state index contributed by atoms with van der Waals surface area (Å²) < 4.78 is 23.3. The zero-order valence-corrected chi connectivity index (χ0v) is 16.4. The number of sulfone groups is 1. The lowest BCUT2D eigenvalue weighted by atomic mass is 10.0. The minimum Gasteiger partial charge on any atom is -0.369 e. The van der Waals surface area contributed by atoms with Gasteiger partial charge in [-0.15, -0.1) is 11.3 Å². The topological polar surface area (TPSA) is 72.0 Å². The fourth-order valence-corrected chi connectivity index (χ4v) is 5.70. The molecule has 0 atom stereocenters. The molecule has 2 aromatic heterocycles. The highest BCUT2D eigenvalue weighted by Crippen LogP contribution is 2.47. The van der Waals surface area contributed by atoms with Gasteiger partial charge in [0, 0.05) is 18.2 Å². The molecule has 0 spiro atoms. The Labute approximate surface area is 147 Å². The van der Waals surface area contributed by atoms with Gasteiger partial charge in [0.15, 0.2) is 0 Å². The van der Waals surface area contributed by atoms with Crippen LogP contribution in [0.15, 0.2) is 5.38 Å². The van der Waals surface area contributed by atoms with Crippen LogP contribution in [0.1, 0.15) is 38.1 Å². The molecule has 7 heteroatoms. The number of nitrogens with zero attached hydrogens (tertiary/aromatic N) is 2. The Balaban J connectivity index is 1.87. The van der Waals surface area contributed by atoms with E-state index in [1.54, 1.807) is 11.3 Å². The highest BCUT2D eigenvalue weighted by molar-refractivity contribution is 7.90. The van der Waals surface area contributed by atoms with Gasteiger partial charge in [-0.1, -0.05) is 13.8 Å². The monoisotopic (exact) mass is 367 g/mol. The van der Waals surface area contributed by atoms with Crippen LogP contribution in [-0.2, 0) is 16.3 Å². The minimum absolute atomic E-state index is 0.118. The van der Waals surface area contributed by atoms with Crippen molar-refractivity contribution in [1.82, 2.24) is 9.97 Å². The SMILES string of the molecule is Cc1nc(NCC2(CS(C)(=O)=O)CC2)c2c(CC(C)C)csc2n1. The molecule has 2 aromatic rings. The second-order valence-electron chi connectivity index (χ2n) is 7.58. The van der Waals surface area contributed by atoms with Crippen molar-refractivity contribution < 1.29 is 8.42 Å². The molecule has 0 unspecified atom stereocenters. The van der Waals surface area contributed by atoms with Gasteiger partial charge in [-0.2, -0.15) is 0 Å². The molecule has 132 valence electrons. The summed E-state index contributed by atoms with van der Waals surface area (Å²) in [4.78, 5) is 10.2. The average Bonchev–Trinajstić information content (AvgIpc) is 3.07. The van der Waals surface area contributed by atoms with E-state index in [0.717, 1.165) is 41.1 Å². The van der Waals surface area contributed by atoms with E-state index in [2.05, 4.69) is 34.5 Å². The Kier molecular flexibility index (Phi) is 4.59. The Morgan fingerprint density at radius 3 is 2.62 bits per heavy atom. The minimum atomic E-state index is -2.96. The van der Waals surface area contributed by atoms with Crippen molar-refractivity contribution in [1.29, 1.82) is 0 Å². The zero-order valence-electron chi connectivity index (χ0n) is 14.7. The first-order chi connectivity index (χ1) is 11.2. The number of aryl methyl sites for hydroxylation is 1. The van der Waals surface area contributed by atoms with Gasteiger partial charge in [-0.3, -0.25) is 0 Å². The molecule has 1 N–H and O–H groups in total. The molecule has 0 saturated heterocycles. The maximum atomic E-state index is 11.6. The van der Waals surface area contributed by atoms with E-state index in [4.69, 9.17) is 0 Å². The number of aromatic nitrogens is 2. The number of anilines is 1. The van der Waals surface area contributed by atoms with Gasteiger partial charge in [0.25, 0.3) is 0 Å². The third kappa shape index (κ3) is 4.06. The van der Waals surface area contributed by atoms with Gasteiger partial charge in [-0.05, 0) is 43.0 Å². The third-order valence-corrected chi connectivity index (χ3v) is 6.46. The van der Waals surface area contributed by atoms with Crippen LogP contribution >= 0.6 is 11.3 Å². The summed E-state index contributed by atoms with van der Waals surface area (Å²) in [6.07, 6.45) is 4.24. The lowest BCUT2D eigenvalue weighted by Gasteiger charge is -2.16. The van der Waals surface area contributed by atoms with Crippen molar-refractivity contribution in [2.45, 2.75) is 40.0 Å². The molecule has 0 amide bonds. The van der Waals surface area contributed by atoms with Crippen LogP contribution in [0.5, 0.6) is 0 Å². The van der Waals surface area contributed by atoms with Gasteiger partial charge >= 0.3 is 0 Å². The maximum absolute atomic E-state index is 11.6. The average molecular weight is 368 g/mol. The first kappa shape index (κ1) is 17.6. The Morgan fingerprint density at radius 1 is 1.33 bits per heavy atom. The van der Waals surface area contributed by atoms with Crippen LogP contribution in [0.4, 0.5) is 5.82 Å². The summed E-state index contributed by atoms with van der Waals surface area (Å²) in [5.74, 6) is 2.42. The summed E-state index contributed by atoms with van der Waals surface area (Å²) >= 11 is 1.66. The predicted molar refractivity (Wildman–Crippen MR) is 101 cm³/mol. The molecule has 0 aromatic carbocycles. The molecule has 1 fully saturated rings. The van der Waals surface area contributed by atoms with E-state index in [0.29, 0.717) is 12.5 Å². The highest BCUT2D eigenvalue weighted by Gasteiger charge is 2.45. The van der Waals surface area contributed by atoms with Gasteiger partial charge in [0.1, 0.15) is 26.3 Å². The van der Waals surface area contributed by atoms with Crippen LogP contribution in [0, 0.1) is 18.3 Å². The Hall–Kier alpha value is -1.21. The van der Waals surface area contributed by atoms with E-state index < -0.39 is 9.84 Å². The normalized spacial score (nSPS) is 16.7.